The minimum atomic E-state index is -0.574. The fraction of sp³-hybridized carbons (Fsp3) is 0.0417. The van der Waals surface area contributed by atoms with Crippen molar-refractivity contribution in [1.82, 2.24) is 5.43 Å². The molecule has 0 aliphatic heterocycles. The lowest BCUT2D eigenvalue weighted by molar-refractivity contribution is -0.128. The molecule has 31 heavy (non-hydrogen) atoms. The molecule has 0 heterocycles. The first-order chi connectivity index (χ1) is 14.9. The number of carbonyl (C=O) groups excluding carboxylic acids is 2. The van der Waals surface area contributed by atoms with Crippen molar-refractivity contribution in [3.05, 3.63) is 105 Å². The molecular formula is C24H18Cl2N2O3. The monoisotopic (exact) mass is 452 g/mol. The molecule has 0 aliphatic carbocycles. The predicted molar refractivity (Wildman–Crippen MR) is 124 cm³/mol. The standard InChI is InChI=1S/C24H18Cl2N2O3/c1-16-2-7-18(8-3-16)24(30)28-27-15-19-14-21(26)11-12-22(19)31-23(29)13-6-17-4-9-20(25)10-5-17/h2-15H,1H3,(H,28,30)/b13-6+,27-15+. The first kappa shape index (κ1) is 22.3. The van der Waals surface area contributed by atoms with Crippen LogP contribution in [0.1, 0.15) is 27.0 Å². The number of amides is 1. The summed E-state index contributed by atoms with van der Waals surface area (Å²) in [4.78, 5) is 24.4. The summed E-state index contributed by atoms with van der Waals surface area (Å²) in [6.07, 6.45) is 4.28. The number of esters is 1. The molecule has 0 saturated heterocycles. The summed E-state index contributed by atoms with van der Waals surface area (Å²) in [7, 11) is 0. The number of nitrogens with one attached hydrogen (secondary N) is 1. The van der Waals surface area contributed by atoms with Gasteiger partial charge in [0.2, 0.25) is 0 Å². The van der Waals surface area contributed by atoms with Crippen LogP contribution >= 0.6 is 23.2 Å². The largest absolute Gasteiger partial charge is 0.423 e. The van der Waals surface area contributed by atoms with E-state index in [-0.39, 0.29) is 11.7 Å². The lowest BCUT2D eigenvalue weighted by Crippen LogP contribution is -2.17. The van der Waals surface area contributed by atoms with E-state index >= 15 is 0 Å². The third-order valence-electron chi connectivity index (χ3n) is 4.15. The summed E-state index contributed by atoms with van der Waals surface area (Å²) < 4.78 is 5.39. The number of halogens is 2. The van der Waals surface area contributed by atoms with Crippen LogP contribution in [0.15, 0.2) is 77.9 Å². The van der Waals surface area contributed by atoms with Crippen LogP contribution in [-0.4, -0.2) is 18.1 Å². The molecule has 7 heteroatoms. The van der Waals surface area contributed by atoms with E-state index in [0.29, 0.717) is 21.2 Å². The molecule has 0 saturated carbocycles. The number of hydrazone groups is 1. The van der Waals surface area contributed by atoms with Gasteiger partial charge in [-0.25, -0.2) is 10.2 Å². The number of rotatable bonds is 6. The molecule has 0 atom stereocenters. The van der Waals surface area contributed by atoms with Crippen molar-refractivity contribution in [1.29, 1.82) is 0 Å². The van der Waals surface area contributed by atoms with Gasteiger partial charge < -0.3 is 4.74 Å². The molecule has 0 spiro atoms. The molecule has 3 rings (SSSR count). The van der Waals surface area contributed by atoms with E-state index in [9.17, 15) is 9.59 Å². The van der Waals surface area contributed by atoms with E-state index in [2.05, 4.69) is 10.5 Å². The average Bonchev–Trinajstić information content (AvgIpc) is 2.75. The lowest BCUT2D eigenvalue weighted by Gasteiger charge is -2.06. The molecule has 0 fully saturated rings. The Morgan fingerprint density at radius 2 is 1.61 bits per heavy atom. The Kier molecular flexibility index (Phi) is 7.60. The highest BCUT2D eigenvalue weighted by Crippen LogP contribution is 2.22. The first-order valence-electron chi connectivity index (χ1n) is 9.26. The van der Waals surface area contributed by atoms with Gasteiger partial charge in [0.15, 0.2) is 0 Å². The van der Waals surface area contributed by atoms with Gasteiger partial charge in [0.25, 0.3) is 5.91 Å². The van der Waals surface area contributed by atoms with Gasteiger partial charge >= 0.3 is 5.97 Å². The van der Waals surface area contributed by atoms with Crippen molar-refractivity contribution in [3.8, 4) is 5.75 Å². The zero-order chi connectivity index (χ0) is 22.2. The minimum absolute atomic E-state index is 0.253. The third kappa shape index (κ3) is 6.81. The quantitative estimate of drug-likeness (QED) is 0.172. The summed E-state index contributed by atoms with van der Waals surface area (Å²) in [5, 5.41) is 4.99. The molecule has 0 aromatic heterocycles. The van der Waals surface area contributed by atoms with Gasteiger partial charge in [0, 0.05) is 27.2 Å². The molecule has 0 bridgehead atoms. The second kappa shape index (κ2) is 10.6. The molecule has 3 aromatic carbocycles. The molecular weight excluding hydrogens is 435 g/mol. The van der Waals surface area contributed by atoms with Crippen molar-refractivity contribution < 1.29 is 14.3 Å². The SMILES string of the molecule is Cc1ccc(C(=O)N/N=C/c2cc(Cl)ccc2OC(=O)/C=C/c2ccc(Cl)cc2)cc1. The van der Waals surface area contributed by atoms with Crippen LogP contribution in [0.2, 0.25) is 10.0 Å². The van der Waals surface area contributed by atoms with Crippen LogP contribution < -0.4 is 10.2 Å². The number of nitrogens with zero attached hydrogens (tertiary/aromatic N) is 1. The third-order valence-corrected chi connectivity index (χ3v) is 4.63. The van der Waals surface area contributed by atoms with Crippen molar-refractivity contribution in [2.45, 2.75) is 6.92 Å². The minimum Gasteiger partial charge on any atom is -0.423 e. The molecule has 0 unspecified atom stereocenters. The van der Waals surface area contributed by atoms with Gasteiger partial charge in [-0.1, -0.05) is 53.0 Å². The summed E-state index contributed by atoms with van der Waals surface area (Å²) in [5.74, 6) is -0.679. The topological polar surface area (TPSA) is 67.8 Å². The van der Waals surface area contributed by atoms with Crippen LogP contribution in [0.25, 0.3) is 6.08 Å². The first-order valence-corrected chi connectivity index (χ1v) is 10.0. The zero-order valence-corrected chi connectivity index (χ0v) is 18.0. The number of aryl methyl sites for hydroxylation is 1. The molecule has 5 nitrogen and oxygen atoms in total. The highest BCUT2D eigenvalue weighted by Gasteiger charge is 2.08. The Labute approximate surface area is 190 Å². The second-order valence-electron chi connectivity index (χ2n) is 6.55. The van der Waals surface area contributed by atoms with E-state index in [0.717, 1.165) is 11.1 Å². The van der Waals surface area contributed by atoms with Gasteiger partial charge in [0.1, 0.15) is 5.75 Å². The molecule has 1 N–H and O–H groups in total. The maximum absolute atomic E-state index is 12.2. The van der Waals surface area contributed by atoms with Crippen LogP contribution in [0.4, 0.5) is 0 Å². The van der Waals surface area contributed by atoms with Crippen molar-refractivity contribution >= 4 is 47.4 Å². The van der Waals surface area contributed by atoms with Gasteiger partial charge in [0.05, 0.1) is 6.21 Å². The Morgan fingerprint density at radius 3 is 2.32 bits per heavy atom. The fourth-order valence-electron chi connectivity index (χ4n) is 2.52. The average molecular weight is 453 g/mol. The molecule has 0 aliphatic rings. The van der Waals surface area contributed by atoms with Crippen molar-refractivity contribution in [2.75, 3.05) is 0 Å². The number of benzene rings is 3. The predicted octanol–water partition coefficient (Wildman–Crippen LogP) is 5.68. The van der Waals surface area contributed by atoms with E-state index in [1.165, 1.54) is 12.3 Å². The summed E-state index contributed by atoms with van der Waals surface area (Å²) in [6, 6.07) is 18.8. The summed E-state index contributed by atoms with van der Waals surface area (Å²) in [6.45, 7) is 1.94. The van der Waals surface area contributed by atoms with Crippen LogP contribution in [0.3, 0.4) is 0 Å². The maximum Gasteiger partial charge on any atom is 0.336 e. The fourth-order valence-corrected chi connectivity index (χ4v) is 2.83. The Morgan fingerprint density at radius 1 is 0.935 bits per heavy atom. The van der Waals surface area contributed by atoms with Crippen LogP contribution in [-0.2, 0) is 4.79 Å². The highest BCUT2D eigenvalue weighted by atomic mass is 35.5. The molecule has 1 amide bonds. The number of ether oxygens (including phenoxy) is 1. The van der Waals surface area contributed by atoms with E-state index in [1.54, 1.807) is 60.7 Å². The van der Waals surface area contributed by atoms with E-state index in [4.69, 9.17) is 27.9 Å². The summed E-state index contributed by atoms with van der Waals surface area (Å²) in [5.41, 5.74) is 5.21. The molecule has 156 valence electrons. The number of hydrogen-bond donors (Lipinski definition) is 1. The summed E-state index contributed by atoms with van der Waals surface area (Å²) >= 11 is 11.9. The van der Waals surface area contributed by atoms with Crippen molar-refractivity contribution in [2.24, 2.45) is 5.10 Å². The van der Waals surface area contributed by atoms with Gasteiger partial charge in [-0.2, -0.15) is 5.10 Å². The number of carbonyl (C=O) groups is 2. The molecule has 0 radical (unpaired) electrons. The van der Waals surface area contributed by atoms with E-state index in [1.807, 2.05) is 19.1 Å². The van der Waals surface area contributed by atoms with Crippen LogP contribution in [0.5, 0.6) is 5.75 Å². The maximum atomic E-state index is 12.2. The zero-order valence-electron chi connectivity index (χ0n) is 16.5. The molecule has 3 aromatic rings. The van der Waals surface area contributed by atoms with Crippen molar-refractivity contribution in [3.63, 3.8) is 0 Å². The van der Waals surface area contributed by atoms with Gasteiger partial charge in [-0.3, -0.25) is 4.79 Å². The number of hydrogen-bond acceptors (Lipinski definition) is 4. The Bertz CT molecular complexity index is 1140. The van der Waals surface area contributed by atoms with Gasteiger partial charge in [-0.05, 0) is 61.0 Å². The lowest BCUT2D eigenvalue weighted by atomic mass is 10.1. The smallest absolute Gasteiger partial charge is 0.336 e. The van der Waals surface area contributed by atoms with Gasteiger partial charge in [-0.15, -0.1) is 0 Å². The normalized spacial score (nSPS) is 11.1. The second-order valence-corrected chi connectivity index (χ2v) is 7.43. The van der Waals surface area contributed by atoms with Crippen LogP contribution in [0, 0.1) is 6.92 Å². The Hall–Kier alpha value is -3.41. The Balaban J connectivity index is 1.67. The highest BCUT2D eigenvalue weighted by molar-refractivity contribution is 6.31. The van der Waals surface area contributed by atoms with E-state index < -0.39 is 5.97 Å².